The quantitative estimate of drug-likeness (QED) is 0.793. The highest BCUT2D eigenvalue weighted by Gasteiger charge is 2.30. The van der Waals surface area contributed by atoms with Gasteiger partial charge in [0, 0.05) is 6.54 Å². The molecule has 2 aliphatic carbocycles. The van der Waals surface area contributed by atoms with Crippen molar-refractivity contribution in [3.63, 3.8) is 0 Å². The molecular weight excluding hydrogens is 218 g/mol. The summed E-state index contributed by atoms with van der Waals surface area (Å²) in [7, 11) is 2.09. The van der Waals surface area contributed by atoms with Gasteiger partial charge < -0.3 is 5.11 Å². The van der Waals surface area contributed by atoms with Gasteiger partial charge in [-0.3, -0.25) is 4.90 Å². The van der Waals surface area contributed by atoms with E-state index in [9.17, 15) is 5.11 Å². The van der Waals surface area contributed by atoms with Gasteiger partial charge in [-0.1, -0.05) is 0 Å². The van der Waals surface area contributed by atoms with Crippen LogP contribution in [-0.2, 0) is 6.54 Å². The van der Waals surface area contributed by atoms with Gasteiger partial charge in [-0.2, -0.15) is 0 Å². The third-order valence-electron chi connectivity index (χ3n) is 3.65. The maximum Gasteiger partial charge on any atom is 0.165 e. The molecule has 0 aliphatic heterocycles. The first-order valence-corrected chi connectivity index (χ1v) is 6.35. The van der Waals surface area contributed by atoms with Crippen molar-refractivity contribution < 1.29 is 5.11 Å². The fourth-order valence-corrected chi connectivity index (χ4v) is 2.52. The van der Waals surface area contributed by atoms with Crippen LogP contribution in [0.2, 0.25) is 0 Å². The Bertz CT molecular complexity index is 383. The molecule has 94 valence electrons. The molecule has 1 heterocycles. The number of hydrogen-bond acceptors (Lipinski definition) is 5. The number of hydrogen-bond donors (Lipinski definition) is 1. The van der Waals surface area contributed by atoms with Gasteiger partial charge in [0.1, 0.15) is 0 Å². The van der Waals surface area contributed by atoms with Crippen LogP contribution in [0.5, 0.6) is 0 Å². The van der Waals surface area contributed by atoms with Gasteiger partial charge in [0.2, 0.25) is 0 Å². The van der Waals surface area contributed by atoms with E-state index in [1.807, 2.05) is 4.68 Å². The van der Waals surface area contributed by atoms with Crippen molar-refractivity contribution in [3.05, 3.63) is 5.82 Å². The molecule has 6 nitrogen and oxygen atoms in total. The van der Waals surface area contributed by atoms with E-state index in [4.69, 9.17) is 0 Å². The molecule has 2 saturated carbocycles. The van der Waals surface area contributed by atoms with E-state index >= 15 is 0 Å². The van der Waals surface area contributed by atoms with E-state index in [2.05, 4.69) is 27.5 Å². The van der Waals surface area contributed by atoms with Crippen LogP contribution < -0.4 is 0 Å². The maximum atomic E-state index is 9.26. The first-order valence-electron chi connectivity index (χ1n) is 6.35. The van der Waals surface area contributed by atoms with E-state index in [1.165, 1.54) is 12.8 Å². The van der Waals surface area contributed by atoms with Crippen molar-refractivity contribution in [1.29, 1.82) is 0 Å². The number of tetrazole rings is 1. The molecule has 2 fully saturated rings. The van der Waals surface area contributed by atoms with E-state index < -0.39 is 0 Å². The highest BCUT2D eigenvalue weighted by atomic mass is 16.3. The Kier molecular flexibility index (Phi) is 2.84. The molecular formula is C11H19N5O. The Morgan fingerprint density at radius 3 is 2.82 bits per heavy atom. The highest BCUT2D eigenvalue weighted by Crippen LogP contribution is 2.34. The van der Waals surface area contributed by atoms with Crippen molar-refractivity contribution in [3.8, 4) is 0 Å². The van der Waals surface area contributed by atoms with Crippen LogP contribution in [-0.4, -0.2) is 49.9 Å². The van der Waals surface area contributed by atoms with Crippen LogP contribution in [0.15, 0.2) is 0 Å². The Hall–Kier alpha value is -1.01. The Morgan fingerprint density at radius 1 is 1.41 bits per heavy atom. The molecule has 0 atom stereocenters. The van der Waals surface area contributed by atoms with Gasteiger partial charge in [0.15, 0.2) is 5.82 Å². The SMILES string of the molecule is CN(Cc1nnnn1C1CC1)CC1CC(O)C1. The smallest absolute Gasteiger partial charge is 0.165 e. The molecule has 1 N–H and O–H groups in total. The molecule has 17 heavy (non-hydrogen) atoms. The molecule has 0 radical (unpaired) electrons. The van der Waals surface area contributed by atoms with Crippen molar-refractivity contribution >= 4 is 0 Å². The van der Waals surface area contributed by atoms with Crippen LogP contribution in [0.3, 0.4) is 0 Å². The summed E-state index contributed by atoms with van der Waals surface area (Å²) < 4.78 is 1.96. The minimum Gasteiger partial charge on any atom is -0.393 e. The van der Waals surface area contributed by atoms with Gasteiger partial charge in [-0.25, -0.2) is 4.68 Å². The number of nitrogens with zero attached hydrogens (tertiary/aromatic N) is 5. The van der Waals surface area contributed by atoms with Gasteiger partial charge in [0.05, 0.1) is 18.7 Å². The van der Waals surface area contributed by atoms with Crippen molar-refractivity contribution in [2.24, 2.45) is 5.92 Å². The predicted molar refractivity (Wildman–Crippen MR) is 61.2 cm³/mol. The third-order valence-corrected chi connectivity index (χ3v) is 3.65. The van der Waals surface area contributed by atoms with Gasteiger partial charge in [0.25, 0.3) is 0 Å². The fourth-order valence-electron chi connectivity index (χ4n) is 2.52. The second-order valence-electron chi connectivity index (χ2n) is 5.46. The Morgan fingerprint density at radius 2 is 2.18 bits per heavy atom. The van der Waals surface area contributed by atoms with Crippen molar-refractivity contribution in [1.82, 2.24) is 25.1 Å². The standard InChI is InChI=1S/C11H19N5O/c1-15(6-8-4-10(17)5-8)7-11-12-13-14-16(11)9-2-3-9/h8-10,17H,2-7H2,1H3. The summed E-state index contributed by atoms with van der Waals surface area (Å²) >= 11 is 0. The maximum absolute atomic E-state index is 9.26. The minimum absolute atomic E-state index is 0.0646. The van der Waals surface area contributed by atoms with E-state index in [0.717, 1.165) is 31.8 Å². The lowest BCUT2D eigenvalue weighted by molar-refractivity contribution is 0.0269. The lowest BCUT2D eigenvalue weighted by Crippen LogP contribution is -2.37. The zero-order chi connectivity index (χ0) is 11.8. The molecule has 0 aromatic carbocycles. The Labute approximate surface area is 101 Å². The lowest BCUT2D eigenvalue weighted by atomic mass is 9.82. The van der Waals surface area contributed by atoms with E-state index in [1.54, 1.807) is 0 Å². The molecule has 1 aromatic rings. The third kappa shape index (κ3) is 2.47. The van der Waals surface area contributed by atoms with Gasteiger partial charge >= 0.3 is 0 Å². The molecule has 0 unspecified atom stereocenters. The fraction of sp³-hybridized carbons (Fsp3) is 0.909. The molecule has 0 spiro atoms. The predicted octanol–water partition coefficient (Wildman–Crippen LogP) is 0.211. The highest BCUT2D eigenvalue weighted by molar-refractivity contribution is 4.90. The molecule has 0 saturated heterocycles. The molecule has 1 aromatic heterocycles. The van der Waals surface area contributed by atoms with Crippen LogP contribution in [0.25, 0.3) is 0 Å². The molecule has 3 rings (SSSR count). The summed E-state index contributed by atoms with van der Waals surface area (Å²) in [6.45, 7) is 1.82. The van der Waals surface area contributed by atoms with Gasteiger partial charge in [-0.05, 0) is 49.1 Å². The summed E-state index contributed by atoms with van der Waals surface area (Å²) in [4.78, 5) is 2.25. The zero-order valence-electron chi connectivity index (χ0n) is 10.2. The number of aromatic nitrogens is 4. The first kappa shape index (κ1) is 11.1. The second kappa shape index (κ2) is 4.34. The minimum atomic E-state index is -0.0646. The average Bonchev–Trinajstić information content (AvgIpc) is 2.98. The summed E-state index contributed by atoms with van der Waals surface area (Å²) in [6.07, 6.45) is 4.23. The van der Waals surface area contributed by atoms with Crippen LogP contribution >= 0.6 is 0 Å². The largest absolute Gasteiger partial charge is 0.393 e. The van der Waals surface area contributed by atoms with Crippen molar-refractivity contribution in [2.75, 3.05) is 13.6 Å². The van der Waals surface area contributed by atoms with E-state index in [-0.39, 0.29) is 6.10 Å². The number of rotatable bonds is 5. The topological polar surface area (TPSA) is 67.1 Å². The monoisotopic (exact) mass is 237 g/mol. The number of aliphatic hydroxyl groups is 1. The summed E-state index contributed by atoms with van der Waals surface area (Å²) in [5.41, 5.74) is 0. The molecule has 0 amide bonds. The lowest BCUT2D eigenvalue weighted by Gasteiger charge is -2.34. The number of aliphatic hydroxyl groups excluding tert-OH is 1. The normalized spacial score (nSPS) is 28.4. The van der Waals surface area contributed by atoms with Crippen LogP contribution in [0.1, 0.15) is 37.5 Å². The molecule has 6 heteroatoms. The van der Waals surface area contributed by atoms with E-state index in [0.29, 0.717) is 12.0 Å². The first-order chi connectivity index (χ1) is 8.22. The Balaban J connectivity index is 1.53. The van der Waals surface area contributed by atoms with Crippen LogP contribution in [0.4, 0.5) is 0 Å². The van der Waals surface area contributed by atoms with Gasteiger partial charge in [-0.15, -0.1) is 5.10 Å². The van der Waals surface area contributed by atoms with Crippen molar-refractivity contribution in [2.45, 2.75) is 44.4 Å². The molecule has 2 aliphatic rings. The average molecular weight is 237 g/mol. The summed E-state index contributed by atoms with van der Waals surface area (Å²) in [5, 5.41) is 21.2. The van der Waals surface area contributed by atoms with Crippen LogP contribution in [0, 0.1) is 5.92 Å². The summed E-state index contributed by atoms with van der Waals surface area (Å²) in [6, 6.07) is 0.541. The summed E-state index contributed by atoms with van der Waals surface area (Å²) in [5.74, 6) is 1.61. The zero-order valence-corrected chi connectivity index (χ0v) is 10.2. The second-order valence-corrected chi connectivity index (χ2v) is 5.46. The molecule has 0 bridgehead atoms.